The Morgan fingerprint density at radius 1 is 1.28 bits per heavy atom. The molecule has 3 N–H and O–H groups in total. The number of hydrogen-bond donors (Lipinski definition) is 2. The number of amides is 1. The topological polar surface area (TPSA) is 95.1 Å². The van der Waals surface area contributed by atoms with Crippen LogP contribution in [0, 0.1) is 0 Å². The maximum atomic E-state index is 12.3. The van der Waals surface area contributed by atoms with Crippen molar-refractivity contribution in [3.8, 4) is 17.1 Å². The van der Waals surface area contributed by atoms with E-state index in [9.17, 15) is 4.79 Å². The Labute approximate surface area is 173 Å². The van der Waals surface area contributed by atoms with Gasteiger partial charge in [0.05, 0.1) is 12.2 Å². The molecule has 1 aliphatic heterocycles. The van der Waals surface area contributed by atoms with Crippen molar-refractivity contribution < 1.29 is 9.53 Å². The Morgan fingerprint density at radius 3 is 2.69 bits per heavy atom. The van der Waals surface area contributed by atoms with Gasteiger partial charge in [0, 0.05) is 16.3 Å². The molecule has 1 unspecified atom stereocenters. The van der Waals surface area contributed by atoms with Gasteiger partial charge in [0.15, 0.2) is 5.82 Å². The van der Waals surface area contributed by atoms with Gasteiger partial charge in [-0.05, 0) is 43.7 Å². The molecular formula is C21H20ClN5O2. The molecule has 0 saturated carbocycles. The third kappa shape index (κ3) is 3.56. The zero-order chi connectivity index (χ0) is 20.5. The summed E-state index contributed by atoms with van der Waals surface area (Å²) in [6, 6.07) is 14.3. The number of anilines is 1. The average molecular weight is 410 g/mol. The van der Waals surface area contributed by atoms with Crippen LogP contribution in [0.3, 0.4) is 0 Å². The SMILES string of the molecule is CCOc1ccc(C2C(C(N)=O)=C(C)Nc3nc(-c4cccc(Cl)c4)nn32)cc1. The van der Waals surface area contributed by atoms with Crippen molar-refractivity contribution >= 4 is 23.5 Å². The number of aromatic nitrogens is 3. The molecule has 0 aliphatic carbocycles. The summed E-state index contributed by atoms with van der Waals surface area (Å²) >= 11 is 6.12. The second-order valence-corrected chi connectivity index (χ2v) is 7.08. The predicted octanol–water partition coefficient (Wildman–Crippen LogP) is 3.77. The number of primary amides is 1. The van der Waals surface area contributed by atoms with Crippen LogP contribution in [0.4, 0.5) is 5.95 Å². The predicted molar refractivity (Wildman–Crippen MR) is 112 cm³/mol. The highest BCUT2D eigenvalue weighted by Crippen LogP contribution is 2.36. The van der Waals surface area contributed by atoms with Crippen LogP contribution in [0.2, 0.25) is 5.02 Å². The van der Waals surface area contributed by atoms with Crippen molar-refractivity contribution in [2.24, 2.45) is 5.73 Å². The van der Waals surface area contributed by atoms with Crippen molar-refractivity contribution in [1.29, 1.82) is 0 Å². The number of nitrogens with two attached hydrogens (primary N) is 1. The van der Waals surface area contributed by atoms with Crippen LogP contribution >= 0.6 is 11.6 Å². The van der Waals surface area contributed by atoms with E-state index in [-0.39, 0.29) is 0 Å². The molecule has 3 aromatic rings. The quantitative estimate of drug-likeness (QED) is 0.668. The molecule has 2 heterocycles. The van der Waals surface area contributed by atoms with Crippen LogP contribution in [-0.4, -0.2) is 27.3 Å². The van der Waals surface area contributed by atoms with Gasteiger partial charge >= 0.3 is 0 Å². The molecule has 1 atom stereocenters. The first-order valence-electron chi connectivity index (χ1n) is 9.20. The fourth-order valence-electron chi connectivity index (χ4n) is 3.44. The van der Waals surface area contributed by atoms with Crippen LogP contribution in [0.5, 0.6) is 5.75 Å². The monoisotopic (exact) mass is 409 g/mol. The lowest BCUT2D eigenvalue weighted by Crippen LogP contribution is -2.31. The Morgan fingerprint density at radius 2 is 2.03 bits per heavy atom. The molecule has 0 fully saturated rings. The highest BCUT2D eigenvalue weighted by molar-refractivity contribution is 6.30. The summed E-state index contributed by atoms with van der Waals surface area (Å²) in [6.45, 7) is 4.31. The first kappa shape index (κ1) is 19.0. The second kappa shape index (κ2) is 7.60. The van der Waals surface area contributed by atoms with E-state index in [4.69, 9.17) is 22.1 Å². The van der Waals surface area contributed by atoms with Crippen LogP contribution in [-0.2, 0) is 4.79 Å². The van der Waals surface area contributed by atoms with Crippen molar-refractivity contribution in [2.45, 2.75) is 19.9 Å². The molecular weight excluding hydrogens is 390 g/mol. The molecule has 1 aromatic heterocycles. The first-order chi connectivity index (χ1) is 14.0. The Kier molecular flexibility index (Phi) is 4.98. The number of nitrogens with zero attached hydrogens (tertiary/aromatic N) is 3. The molecule has 0 bridgehead atoms. The summed E-state index contributed by atoms with van der Waals surface area (Å²) in [4.78, 5) is 16.9. The van der Waals surface area contributed by atoms with E-state index in [2.05, 4.69) is 15.4 Å². The standard InChI is InChI=1S/C21H20ClN5O2/c1-3-29-16-9-7-13(8-10-16)18-17(19(23)28)12(2)24-21-25-20(26-27(18)21)14-5-4-6-15(22)11-14/h4-11,18H,3H2,1-2H3,(H2,23,28)(H,24,25,26). The summed E-state index contributed by atoms with van der Waals surface area (Å²) < 4.78 is 7.20. The van der Waals surface area contributed by atoms with E-state index < -0.39 is 11.9 Å². The minimum atomic E-state index is -0.514. The number of carbonyl (C=O) groups is 1. The lowest BCUT2D eigenvalue weighted by atomic mass is 9.95. The average Bonchev–Trinajstić information content (AvgIpc) is 3.11. The van der Waals surface area contributed by atoms with Gasteiger partial charge < -0.3 is 15.8 Å². The van der Waals surface area contributed by atoms with Crippen LogP contribution < -0.4 is 15.8 Å². The molecule has 0 spiro atoms. The Bertz CT molecular complexity index is 1100. The fraction of sp³-hybridized carbons (Fsp3) is 0.190. The van der Waals surface area contributed by atoms with Gasteiger partial charge in [-0.2, -0.15) is 4.98 Å². The van der Waals surface area contributed by atoms with Gasteiger partial charge in [0.2, 0.25) is 11.9 Å². The molecule has 1 amide bonds. The fourth-order valence-corrected chi connectivity index (χ4v) is 3.63. The smallest absolute Gasteiger partial charge is 0.248 e. The van der Waals surface area contributed by atoms with E-state index >= 15 is 0 Å². The minimum Gasteiger partial charge on any atom is -0.494 e. The first-order valence-corrected chi connectivity index (χ1v) is 9.58. The van der Waals surface area contributed by atoms with E-state index in [1.54, 1.807) is 23.7 Å². The molecule has 2 aromatic carbocycles. The van der Waals surface area contributed by atoms with E-state index in [0.29, 0.717) is 34.7 Å². The van der Waals surface area contributed by atoms with E-state index in [1.807, 2.05) is 43.3 Å². The third-order valence-corrected chi connectivity index (χ3v) is 4.94. The van der Waals surface area contributed by atoms with Crippen molar-refractivity contribution in [1.82, 2.24) is 14.8 Å². The van der Waals surface area contributed by atoms with Gasteiger partial charge in [-0.25, -0.2) is 4.68 Å². The molecule has 1 aliphatic rings. The van der Waals surface area contributed by atoms with Crippen molar-refractivity contribution in [3.63, 3.8) is 0 Å². The van der Waals surface area contributed by atoms with Gasteiger partial charge in [0.25, 0.3) is 0 Å². The lowest BCUT2D eigenvalue weighted by Gasteiger charge is -2.27. The Balaban J connectivity index is 1.83. The number of fused-ring (bicyclic) bond motifs is 1. The number of nitrogens with one attached hydrogen (secondary N) is 1. The summed E-state index contributed by atoms with van der Waals surface area (Å²) in [5, 5.41) is 8.39. The maximum Gasteiger partial charge on any atom is 0.248 e. The summed E-state index contributed by atoms with van der Waals surface area (Å²) in [5.74, 6) is 1.27. The minimum absolute atomic E-state index is 0.434. The van der Waals surface area contributed by atoms with Crippen molar-refractivity contribution in [3.05, 3.63) is 70.4 Å². The number of carbonyl (C=O) groups excluding carboxylic acids is 1. The summed E-state index contributed by atoms with van der Waals surface area (Å²) in [7, 11) is 0. The van der Waals surface area contributed by atoms with Gasteiger partial charge in [-0.3, -0.25) is 4.79 Å². The molecule has 0 radical (unpaired) electrons. The lowest BCUT2D eigenvalue weighted by molar-refractivity contribution is -0.115. The molecule has 148 valence electrons. The largest absolute Gasteiger partial charge is 0.494 e. The van der Waals surface area contributed by atoms with Crippen molar-refractivity contribution in [2.75, 3.05) is 11.9 Å². The van der Waals surface area contributed by atoms with E-state index in [0.717, 1.165) is 16.9 Å². The molecule has 4 rings (SSSR count). The number of benzene rings is 2. The Hall–Kier alpha value is -3.32. The molecule has 8 heteroatoms. The number of hydrogen-bond acceptors (Lipinski definition) is 5. The zero-order valence-corrected chi connectivity index (χ0v) is 16.8. The van der Waals surface area contributed by atoms with Gasteiger partial charge in [-0.1, -0.05) is 35.9 Å². The number of ether oxygens (including phenoxy) is 1. The zero-order valence-electron chi connectivity index (χ0n) is 16.0. The number of halogens is 1. The van der Waals surface area contributed by atoms with Gasteiger partial charge in [-0.15, -0.1) is 5.10 Å². The van der Waals surface area contributed by atoms with Crippen LogP contribution in [0.15, 0.2) is 59.8 Å². The number of rotatable bonds is 5. The van der Waals surface area contributed by atoms with Gasteiger partial charge in [0.1, 0.15) is 11.8 Å². The highest BCUT2D eigenvalue weighted by Gasteiger charge is 2.33. The maximum absolute atomic E-state index is 12.3. The van der Waals surface area contributed by atoms with Crippen LogP contribution in [0.25, 0.3) is 11.4 Å². The van der Waals surface area contributed by atoms with Crippen LogP contribution in [0.1, 0.15) is 25.5 Å². The number of allylic oxidation sites excluding steroid dienone is 1. The molecule has 0 saturated heterocycles. The van der Waals surface area contributed by atoms with E-state index in [1.165, 1.54) is 0 Å². The normalized spacial score (nSPS) is 15.6. The molecule has 29 heavy (non-hydrogen) atoms. The second-order valence-electron chi connectivity index (χ2n) is 6.65. The summed E-state index contributed by atoms with van der Waals surface area (Å²) in [6.07, 6.45) is 0. The molecule has 7 nitrogen and oxygen atoms in total. The highest BCUT2D eigenvalue weighted by atomic mass is 35.5. The summed E-state index contributed by atoms with van der Waals surface area (Å²) in [5.41, 5.74) is 8.43. The third-order valence-electron chi connectivity index (χ3n) is 4.71.